The molecule has 4 heteroatoms. The number of anilines is 1. The lowest BCUT2D eigenvalue weighted by Gasteiger charge is -2.39. The molecule has 2 atom stereocenters. The highest BCUT2D eigenvalue weighted by atomic mass is 35.5. The summed E-state index contributed by atoms with van der Waals surface area (Å²) in [5.41, 5.74) is 6.38. The van der Waals surface area contributed by atoms with E-state index in [4.69, 9.17) is 16.3 Å². The predicted octanol–water partition coefficient (Wildman–Crippen LogP) is 4.79. The molecule has 27 heavy (non-hydrogen) atoms. The molecule has 140 valence electrons. The van der Waals surface area contributed by atoms with Gasteiger partial charge in [-0.15, -0.1) is 11.6 Å². The largest absolute Gasteiger partial charge is 0.497 e. The number of carbonyl (C=O) groups excluding carboxylic acids is 1. The van der Waals surface area contributed by atoms with E-state index in [2.05, 4.69) is 55.3 Å². The fraction of sp³-hybridized carbons (Fsp3) is 0.348. The minimum absolute atomic E-state index is 0.0662. The van der Waals surface area contributed by atoms with Gasteiger partial charge in [0.05, 0.1) is 7.11 Å². The van der Waals surface area contributed by atoms with Crippen LogP contribution in [0.4, 0.5) is 5.69 Å². The van der Waals surface area contributed by atoms with E-state index in [1.54, 1.807) is 7.11 Å². The Bertz CT molecular complexity index is 921. The van der Waals surface area contributed by atoms with Crippen molar-refractivity contribution in [2.24, 2.45) is 0 Å². The van der Waals surface area contributed by atoms with E-state index in [0.29, 0.717) is 6.42 Å². The summed E-state index contributed by atoms with van der Waals surface area (Å²) >= 11 is 6.70. The Morgan fingerprint density at radius 1 is 1.30 bits per heavy atom. The van der Waals surface area contributed by atoms with Gasteiger partial charge in [0.15, 0.2) is 0 Å². The average Bonchev–Trinajstić information content (AvgIpc) is 2.90. The van der Waals surface area contributed by atoms with Gasteiger partial charge in [0.1, 0.15) is 12.0 Å². The number of rotatable bonds is 4. The molecule has 2 unspecified atom stereocenters. The van der Waals surface area contributed by atoms with Crippen LogP contribution in [0.25, 0.3) is 0 Å². The van der Waals surface area contributed by atoms with Crippen molar-refractivity contribution in [3.05, 3.63) is 70.4 Å². The minimum atomic E-state index is -0.314. The molecule has 0 saturated heterocycles. The van der Waals surface area contributed by atoms with Crippen LogP contribution in [0.1, 0.15) is 29.5 Å². The maximum atomic E-state index is 12.0. The minimum Gasteiger partial charge on any atom is -0.497 e. The highest BCUT2D eigenvalue weighted by molar-refractivity contribution is 6.21. The number of nitrogens with zero attached hydrogens (tertiary/aromatic N) is 1. The van der Waals surface area contributed by atoms with E-state index in [1.165, 1.54) is 16.8 Å². The van der Waals surface area contributed by atoms with Crippen molar-refractivity contribution in [2.45, 2.75) is 37.0 Å². The molecule has 2 aromatic rings. The van der Waals surface area contributed by atoms with Crippen molar-refractivity contribution >= 4 is 23.6 Å². The van der Waals surface area contributed by atoms with Crippen LogP contribution in [0.5, 0.6) is 5.75 Å². The van der Waals surface area contributed by atoms with Crippen LogP contribution in [0, 0.1) is 6.92 Å². The van der Waals surface area contributed by atoms with E-state index < -0.39 is 0 Å². The number of hydrogen-bond acceptors (Lipinski definition) is 3. The summed E-state index contributed by atoms with van der Waals surface area (Å²) in [5.74, 6) is 0.845. The molecule has 0 N–H and O–H groups in total. The predicted molar refractivity (Wildman–Crippen MR) is 110 cm³/mol. The Morgan fingerprint density at radius 3 is 2.70 bits per heavy atom. The van der Waals surface area contributed by atoms with Crippen LogP contribution in [-0.4, -0.2) is 25.8 Å². The van der Waals surface area contributed by atoms with Crippen molar-refractivity contribution in [1.29, 1.82) is 0 Å². The number of alkyl halides is 1. The first-order chi connectivity index (χ1) is 13.0. The lowest BCUT2D eigenvalue weighted by molar-refractivity contribution is -0.105. The van der Waals surface area contributed by atoms with Crippen molar-refractivity contribution < 1.29 is 9.53 Å². The number of allylic oxidation sites excluding steroid dienone is 2. The SMILES string of the molecule is COc1cc(C)c2c(c1)C1(Cc3ccccc3)CC(Cl)CC(C=O)=C1N2C. The van der Waals surface area contributed by atoms with E-state index in [0.717, 1.165) is 41.7 Å². The number of aryl methyl sites for hydroxylation is 1. The van der Waals surface area contributed by atoms with E-state index in [1.807, 2.05) is 6.07 Å². The molecular formula is C23H24ClNO2. The molecule has 0 aromatic heterocycles. The van der Waals surface area contributed by atoms with Crippen molar-refractivity contribution in [3.63, 3.8) is 0 Å². The Kier molecular flexibility index (Phi) is 4.51. The van der Waals surface area contributed by atoms with Crippen LogP contribution in [0.15, 0.2) is 53.7 Å². The van der Waals surface area contributed by atoms with Crippen LogP contribution in [0.3, 0.4) is 0 Å². The Morgan fingerprint density at radius 2 is 2.04 bits per heavy atom. The Hall–Kier alpha value is -2.26. The summed E-state index contributed by atoms with van der Waals surface area (Å²) in [7, 11) is 3.76. The maximum Gasteiger partial charge on any atom is 0.147 e. The molecule has 0 radical (unpaired) electrons. The lowest BCUT2D eigenvalue weighted by atomic mass is 9.67. The van der Waals surface area contributed by atoms with Crippen LogP contribution in [0.2, 0.25) is 0 Å². The summed E-state index contributed by atoms with van der Waals surface area (Å²) in [6, 6.07) is 14.6. The standard InChI is InChI=1S/C23H24ClNO2/c1-15-9-19(27-3)11-20-21(15)25(2)22-17(14-26)10-18(24)13-23(20,22)12-16-7-5-4-6-8-16/h4-9,11,14,18H,10,12-13H2,1-3H3. The fourth-order valence-corrected chi connectivity index (χ4v) is 5.48. The molecule has 4 rings (SSSR count). The van der Waals surface area contributed by atoms with Crippen LogP contribution < -0.4 is 9.64 Å². The summed E-state index contributed by atoms with van der Waals surface area (Å²) in [4.78, 5) is 14.2. The first kappa shape index (κ1) is 18.1. The van der Waals surface area contributed by atoms with Crippen molar-refractivity contribution in [3.8, 4) is 5.75 Å². The highest BCUT2D eigenvalue weighted by Crippen LogP contribution is 2.57. The summed E-state index contributed by atoms with van der Waals surface area (Å²) in [6.45, 7) is 2.10. The van der Waals surface area contributed by atoms with Gasteiger partial charge in [0, 0.05) is 34.8 Å². The Balaban J connectivity index is 2.01. The van der Waals surface area contributed by atoms with E-state index >= 15 is 0 Å². The third-order valence-electron chi connectivity index (χ3n) is 5.96. The molecule has 0 amide bonds. The molecule has 0 fully saturated rings. The zero-order chi connectivity index (χ0) is 19.2. The lowest BCUT2D eigenvalue weighted by Crippen LogP contribution is -2.39. The number of benzene rings is 2. The summed E-state index contributed by atoms with van der Waals surface area (Å²) in [6.07, 6.45) is 3.23. The smallest absolute Gasteiger partial charge is 0.147 e. The molecule has 1 heterocycles. The third-order valence-corrected chi connectivity index (χ3v) is 6.26. The van der Waals surface area contributed by atoms with Gasteiger partial charge >= 0.3 is 0 Å². The number of halogens is 1. The molecule has 2 aliphatic rings. The van der Waals surface area contributed by atoms with Gasteiger partial charge in [0.2, 0.25) is 0 Å². The molecule has 3 nitrogen and oxygen atoms in total. The second-order valence-corrected chi connectivity index (χ2v) is 8.26. The van der Waals surface area contributed by atoms with Gasteiger partial charge in [-0.3, -0.25) is 4.79 Å². The van der Waals surface area contributed by atoms with Crippen LogP contribution >= 0.6 is 11.6 Å². The number of carbonyl (C=O) groups is 1. The number of fused-ring (bicyclic) bond motifs is 3. The molecule has 1 aliphatic carbocycles. The summed E-state index contributed by atoms with van der Waals surface area (Å²) in [5, 5.41) is -0.0662. The molecule has 0 bridgehead atoms. The van der Waals surface area contributed by atoms with Gasteiger partial charge in [-0.25, -0.2) is 0 Å². The molecule has 1 aliphatic heterocycles. The van der Waals surface area contributed by atoms with Gasteiger partial charge < -0.3 is 9.64 Å². The second-order valence-electron chi connectivity index (χ2n) is 7.64. The third kappa shape index (κ3) is 2.76. The first-order valence-corrected chi connectivity index (χ1v) is 9.73. The zero-order valence-electron chi connectivity index (χ0n) is 16.0. The average molecular weight is 382 g/mol. The monoisotopic (exact) mass is 381 g/mol. The number of aldehydes is 1. The summed E-state index contributed by atoms with van der Waals surface area (Å²) < 4.78 is 5.57. The molecule has 0 saturated carbocycles. The topological polar surface area (TPSA) is 29.5 Å². The maximum absolute atomic E-state index is 12.0. The van der Waals surface area contributed by atoms with Gasteiger partial charge in [0.25, 0.3) is 0 Å². The number of likely N-dealkylation sites (N-methyl/N-ethyl adjacent to an activating group) is 1. The second kappa shape index (κ2) is 6.72. The highest BCUT2D eigenvalue weighted by Gasteiger charge is 2.51. The molecule has 0 spiro atoms. The number of methoxy groups -OCH3 is 1. The van der Waals surface area contributed by atoms with Gasteiger partial charge in [-0.05, 0) is 55.0 Å². The van der Waals surface area contributed by atoms with Gasteiger partial charge in [-0.2, -0.15) is 0 Å². The molecular weight excluding hydrogens is 358 g/mol. The normalized spacial score (nSPS) is 23.9. The number of ether oxygens (including phenoxy) is 1. The van der Waals surface area contributed by atoms with Crippen molar-refractivity contribution in [2.75, 3.05) is 19.1 Å². The quantitative estimate of drug-likeness (QED) is 0.563. The van der Waals surface area contributed by atoms with Crippen molar-refractivity contribution in [1.82, 2.24) is 0 Å². The first-order valence-electron chi connectivity index (χ1n) is 9.30. The van der Waals surface area contributed by atoms with E-state index in [-0.39, 0.29) is 10.8 Å². The van der Waals surface area contributed by atoms with E-state index in [9.17, 15) is 4.79 Å². The zero-order valence-corrected chi connectivity index (χ0v) is 16.7. The van der Waals surface area contributed by atoms with Gasteiger partial charge in [-0.1, -0.05) is 30.3 Å². The van der Waals surface area contributed by atoms with Crippen LogP contribution in [-0.2, 0) is 16.6 Å². The Labute approximate surface area is 165 Å². The number of hydrogen-bond donors (Lipinski definition) is 0. The molecule has 2 aromatic carbocycles. The fourth-order valence-electron chi connectivity index (χ4n) is 5.05.